The lowest BCUT2D eigenvalue weighted by molar-refractivity contribution is -0.130. The molecule has 0 aliphatic rings. The fraction of sp³-hybridized carbons (Fsp3) is 0.941. The van der Waals surface area contributed by atoms with Gasteiger partial charge in [0.05, 0.1) is 0 Å². The number of carbonyl (C=O) groups is 1. The zero-order valence-electron chi connectivity index (χ0n) is 13.5. The van der Waals surface area contributed by atoms with Crippen LogP contribution in [0.15, 0.2) is 0 Å². The number of amides is 1. The first-order valence-electron chi connectivity index (χ1n) is 8.46. The third kappa shape index (κ3) is 12.3. The van der Waals surface area contributed by atoms with Crippen LogP contribution >= 0.6 is 0 Å². The molecule has 0 unspecified atom stereocenters. The predicted octanol–water partition coefficient (Wildman–Crippen LogP) is 5.17. The molecule has 0 rings (SSSR count). The van der Waals surface area contributed by atoms with Gasteiger partial charge >= 0.3 is 0 Å². The van der Waals surface area contributed by atoms with Crippen LogP contribution in [0.2, 0.25) is 0 Å². The Morgan fingerprint density at radius 1 is 0.737 bits per heavy atom. The van der Waals surface area contributed by atoms with Crippen LogP contribution in [-0.2, 0) is 4.79 Å². The maximum absolute atomic E-state index is 11.9. The van der Waals surface area contributed by atoms with Crippen molar-refractivity contribution in [2.24, 2.45) is 0 Å². The van der Waals surface area contributed by atoms with Crippen LogP contribution in [0.3, 0.4) is 0 Å². The third-order valence-electron chi connectivity index (χ3n) is 3.77. The van der Waals surface area contributed by atoms with E-state index in [1.165, 1.54) is 64.2 Å². The molecule has 2 nitrogen and oxygen atoms in total. The van der Waals surface area contributed by atoms with Gasteiger partial charge in [0.25, 0.3) is 0 Å². The van der Waals surface area contributed by atoms with Gasteiger partial charge in [-0.2, -0.15) is 0 Å². The Labute approximate surface area is 120 Å². The quantitative estimate of drug-likeness (QED) is 0.423. The van der Waals surface area contributed by atoms with Crippen molar-refractivity contribution in [3.05, 3.63) is 0 Å². The second-order valence-corrected chi connectivity index (χ2v) is 5.75. The molecule has 0 aromatic rings. The third-order valence-corrected chi connectivity index (χ3v) is 3.77. The molecule has 0 N–H and O–H groups in total. The van der Waals surface area contributed by atoms with Gasteiger partial charge in [0.1, 0.15) is 0 Å². The van der Waals surface area contributed by atoms with Gasteiger partial charge in [-0.3, -0.25) is 4.79 Å². The van der Waals surface area contributed by atoms with Crippen molar-refractivity contribution in [2.45, 2.75) is 90.9 Å². The monoisotopic (exact) mass is 269 g/mol. The van der Waals surface area contributed by atoms with E-state index in [1.807, 2.05) is 11.9 Å². The zero-order valence-corrected chi connectivity index (χ0v) is 13.5. The number of rotatable bonds is 13. The summed E-state index contributed by atoms with van der Waals surface area (Å²) < 4.78 is 0. The van der Waals surface area contributed by atoms with Gasteiger partial charge in [0.15, 0.2) is 0 Å². The van der Waals surface area contributed by atoms with E-state index in [9.17, 15) is 4.79 Å². The molecule has 1 amide bonds. The van der Waals surface area contributed by atoms with Gasteiger partial charge in [-0.15, -0.1) is 0 Å². The largest absolute Gasteiger partial charge is 0.346 e. The van der Waals surface area contributed by atoms with Crippen molar-refractivity contribution in [1.29, 1.82) is 0 Å². The number of carbonyl (C=O) groups excluding carboxylic acids is 1. The van der Waals surface area contributed by atoms with Gasteiger partial charge in [-0.25, -0.2) is 0 Å². The minimum absolute atomic E-state index is 0.338. The molecule has 0 aliphatic carbocycles. The molecule has 0 bridgehead atoms. The summed E-state index contributed by atoms with van der Waals surface area (Å²) in [5.41, 5.74) is 0. The van der Waals surface area contributed by atoms with E-state index in [-0.39, 0.29) is 0 Å². The Hall–Kier alpha value is -0.530. The van der Waals surface area contributed by atoms with Crippen molar-refractivity contribution in [1.82, 2.24) is 4.90 Å². The maximum atomic E-state index is 11.9. The van der Waals surface area contributed by atoms with E-state index in [2.05, 4.69) is 13.8 Å². The van der Waals surface area contributed by atoms with Crippen molar-refractivity contribution in [3.8, 4) is 0 Å². The molecule has 0 aromatic carbocycles. The van der Waals surface area contributed by atoms with Crippen molar-refractivity contribution in [3.63, 3.8) is 0 Å². The van der Waals surface area contributed by atoms with Crippen LogP contribution in [0.1, 0.15) is 90.9 Å². The summed E-state index contributed by atoms with van der Waals surface area (Å²) in [5.74, 6) is 0.338. The summed E-state index contributed by atoms with van der Waals surface area (Å²) in [7, 11) is 1.96. The first-order chi connectivity index (χ1) is 9.22. The summed E-state index contributed by atoms with van der Waals surface area (Å²) in [6.07, 6.45) is 14.7. The van der Waals surface area contributed by atoms with Crippen molar-refractivity contribution in [2.75, 3.05) is 13.6 Å². The van der Waals surface area contributed by atoms with Crippen LogP contribution in [0.25, 0.3) is 0 Å². The molecule has 114 valence electrons. The Morgan fingerprint density at radius 3 is 1.79 bits per heavy atom. The molecule has 2 heteroatoms. The lowest BCUT2D eigenvalue weighted by atomic mass is 10.1. The molecule has 0 spiro atoms. The molecular weight excluding hydrogens is 234 g/mol. The number of unbranched alkanes of at least 4 members (excludes halogenated alkanes) is 9. The first-order valence-corrected chi connectivity index (χ1v) is 8.46. The number of hydrogen-bond donors (Lipinski definition) is 0. The van der Waals surface area contributed by atoms with E-state index >= 15 is 0 Å². The second kappa shape index (κ2) is 13.9. The van der Waals surface area contributed by atoms with E-state index < -0.39 is 0 Å². The molecule has 0 saturated heterocycles. The Balaban J connectivity index is 3.38. The molecule has 0 radical (unpaired) electrons. The molecule has 0 aliphatic heterocycles. The highest BCUT2D eigenvalue weighted by Gasteiger charge is 2.07. The van der Waals surface area contributed by atoms with Crippen LogP contribution < -0.4 is 0 Å². The number of hydrogen-bond acceptors (Lipinski definition) is 1. The van der Waals surface area contributed by atoms with Crippen molar-refractivity contribution < 1.29 is 4.79 Å². The molecule has 0 aromatic heterocycles. The van der Waals surface area contributed by atoms with Crippen molar-refractivity contribution >= 4 is 5.91 Å². The Kier molecular flexibility index (Phi) is 13.5. The second-order valence-electron chi connectivity index (χ2n) is 5.75. The molecular formula is C17H35NO. The predicted molar refractivity (Wildman–Crippen MR) is 84.4 cm³/mol. The molecule has 0 heterocycles. The summed E-state index contributed by atoms with van der Waals surface area (Å²) in [5, 5.41) is 0. The van der Waals surface area contributed by atoms with E-state index in [0.29, 0.717) is 5.91 Å². The number of nitrogens with zero attached hydrogens (tertiary/aromatic N) is 1. The topological polar surface area (TPSA) is 20.3 Å². The maximum Gasteiger partial charge on any atom is 0.222 e. The zero-order chi connectivity index (χ0) is 14.3. The van der Waals surface area contributed by atoms with Crippen LogP contribution in [0.4, 0.5) is 0 Å². The minimum atomic E-state index is 0.338. The minimum Gasteiger partial charge on any atom is -0.346 e. The SMILES string of the molecule is CCCCCCCCN(C)C(=O)CCCCCCC. The fourth-order valence-electron chi connectivity index (χ4n) is 2.32. The Morgan fingerprint density at radius 2 is 1.21 bits per heavy atom. The van der Waals surface area contributed by atoms with Crippen LogP contribution in [0.5, 0.6) is 0 Å². The molecule has 0 saturated carbocycles. The highest BCUT2D eigenvalue weighted by Crippen LogP contribution is 2.08. The van der Waals surface area contributed by atoms with E-state index in [4.69, 9.17) is 0 Å². The van der Waals surface area contributed by atoms with Crippen LogP contribution in [0, 0.1) is 0 Å². The molecule has 0 atom stereocenters. The van der Waals surface area contributed by atoms with Gasteiger partial charge in [0.2, 0.25) is 5.91 Å². The molecule has 19 heavy (non-hydrogen) atoms. The highest BCUT2D eigenvalue weighted by molar-refractivity contribution is 5.75. The summed E-state index contributed by atoms with van der Waals surface area (Å²) in [6, 6.07) is 0. The van der Waals surface area contributed by atoms with Gasteiger partial charge in [-0.05, 0) is 12.8 Å². The fourth-order valence-corrected chi connectivity index (χ4v) is 2.32. The average molecular weight is 269 g/mol. The normalized spacial score (nSPS) is 10.7. The lowest BCUT2D eigenvalue weighted by Crippen LogP contribution is -2.27. The smallest absolute Gasteiger partial charge is 0.222 e. The van der Waals surface area contributed by atoms with Gasteiger partial charge in [0, 0.05) is 20.0 Å². The molecule has 0 fully saturated rings. The summed E-state index contributed by atoms with van der Waals surface area (Å²) in [6.45, 7) is 5.41. The standard InChI is InChI=1S/C17H35NO/c1-4-6-8-10-12-14-16-18(3)17(19)15-13-11-9-7-5-2/h4-16H2,1-3H3. The lowest BCUT2D eigenvalue weighted by Gasteiger charge is -2.17. The highest BCUT2D eigenvalue weighted by atomic mass is 16.2. The van der Waals surface area contributed by atoms with E-state index in [1.54, 1.807) is 0 Å². The first kappa shape index (κ1) is 18.5. The Bertz CT molecular complexity index is 203. The average Bonchev–Trinajstić information content (AvgIpc) is 2.42. The summed E-state index contributed by atoms with van der Waals surface area (Å²) in [4.78, 5) is 13.8. The summed E-state index contributed by atoms with van der Waals surface area (Å²) >= 11 is 0. The van der Waals surface area contributed by atoms with Crippen LogP contribution in [-0.4, -0.2) is 24.4 Å². The van der Waals surface area contributed by atoms with E-state index in [0.717, 1.165) is 19.4 Å². The van der Waals surface area contributed by atoms with Gasteiger partial charge < -0.3 is 4.90 Å². The van der Waals surface area contributed by atoms with Gasteiger partial charge in [-0.1, -0.05) is 71.6 Å².